The van der Waals surface area contributed by atoms with E-state index in [4.69, 9.17) is 0 Å². The zero-order valence-electron chi connectivity index (χ0n) is 6.97. The van der Waals surface area contributed by atoms with Gasteiger partial charge in [-0.1, -0.05) is 0 Å². The zero-order chi connectivity index (χ0) is 10.8. The Morgan fingerprint density at radius 2 is 2.14 bits per heavy atom. The van der Waals surface area contributed by atoms with E-state index in [-0.39, 0.29) is 5.69 Å². The van der Waals surface area contributed by atoms with Crippen molar-refractivity contribution < 1.29 is 18.0 Å². The number of aryl methyl sites for hydroxylation is 1. The number of hydrogen-bond donors (Lipinski definition) is 1. The van der Waals surface area contributed by atoms with E-state index in [0.29, 0.717) is 6.29 Å². The van der Waals surface area contributed by atoms with Gasteiger partial charge in [0.15, 0.2) is 6.29 Å². The Morgan fingerprint density at radius 1 is 1.50 bits per heavy atom. The van der Waals surface area contributed by atoms with E-state index in [0.717, 1.165) is 10.7 Å². The van der Waals surface area contributed by atoms with Gasteiger partial charge in [0, 0.05) is 6.07 Å². The van der Waals surface area contributed by atoms with Crippen LogP contribution in [0.25, 0.3) is 0 Å². The lowest BCUT2D eigenvalue weighted by molar-refractivity contribution is -0.137. The normalized spacial score (nSPS) is 11.6. The van der Waals surface area contributed by atoms with Gasteiger partial charge in [-0.05, 0) is 0 Å². The Kier molecular flexibility index (Phi) is 2.78. The summed E-state index contributed by atoms with van der Waals surface area (Å²) in [5.41, 5.74) is -0.673. The minimum absolute atomic E-state index is 0.0304. The number of rotatable bonds is 3. The molecule has 0 spiro atoms. The third-order valence-electron chi connectivity index (χ3n) is 1.55. The number of H-pyrrole nitrogens is 1. The van der Waals surface area contributed by atoms with Crippen molar-refractivity contribution >= 4 is 6.29 Å². The molecular weight excluding hydrogens is 201 g/mol. The first kappa shape index (κ1) is 10.6. The van der Waals surface area contributed by atoms with E-state index in [9.17, 15) is 22.8 Å². The summed E-state index contributed by atoms with van der Waals surface area (Å²) in [4.78, 5) is 21.1. The topological polar surface area (TPSA) is 54.9 Å². The monoisotopic (exact) mass is 208 g/mol. The second-order valence-electron chi connectivity index (χ2n) is 2.68. The molecule has 0 radical (unpaired) electrons. The van der Waals surface area contributed by atoms with Gasteiger partial charge in [-0.25, -0.2) is 0 Å². The van der Waals surface area contributed by atoms with Gasteiger partial charge in [-0.2, -0.15) is 13.2 Å². The Hall–Kier alpha value is -1.53. The van der Waals surface area contributed by atoms with Gasteiger partial charge >= 0.3 is 6.18 Å². The highest BCUT2D eigenvalue weighted by Crippen LogP contribution is 2.19. The Morgan fingerprint density at radius 3 is 2.57 bits per heavy atom. The maximum absolute atomic E-state index is 11.8. The lowest BCUT2D eigenvalue weighted by atomic mass is 10.4. The minimum atomic E-state index is -4.31. The second-order valence-corrected chi connectivity index (χ2v) is 2.68. The van der Waals surface area contributed by atoms with Crippen LogP contribution < -0.4 is 5.56 Å². The van der Waals surface area contributed by atoms with Crippen LogP contribution in [0, 0.1) is 0 Å². The molecule has 78 valence electrons. The maximum atomic E-state index is 11.8. The van der Waals surface area contributed by atoms with Gasteiger partial charge in [0.1, 0.15) is 0 Å². The van der Waals surface area contributed by atoms with Gasteiger partial charge in [0.05, 0.1) is 18.7 Å². The van der Waals surface area contributed by atoms with Gasteiger partial charge in [-0.3, -0.25) is 19.4 Å². The number of alkyl halides is 3. The van der Waals surface area contributed by atoms with Crippen LogP contribution in [0.1, 0.15) is 16.9 Å². The molecule has 1 rings (SSSR count). The average Bonchev–Trinajstić information content (AvgIpc) is 2.42. The molecule has 0 amide bonds. The molecule has 0 aliphatic rings. The molecule has 0 aliphatic heterocycles. The Bertz CT molecular complexity index is 377. The van der Waals surface area contributed by atoms with Crippen LogP contribution in [0.2, 0.25) is 0 Å². The maximum Gasteiger partial charge on any atom is 0.390 e. The SMILES string of the molecule is O=Cc1cc(=O)n(CCC(F)(F)F)[nH]1. The molecule has 7 heteroatoms. The van der Waals surface area contributed by atoms with Gasteiger partial charge in [0.25, 0.3) is 5.56 Å². The summed E-state index contributed by atoms with van der Waals surface area (Å²) >= 11 is 0. The molecule has 0 unspecified atom stereocenters. The third-order valence-corrected chi connectivity index (χ3v) is 1.55. The van der Waals surface area contributed by atoms with E-state index < -0.39 is 24.7 Å². The number of carbonyl (C=O) groups is 1. The largest absolute Gasteiger partial charge is 0.390 e. The van der Waals surface area contributed by atoms with Crippen LogP contribution in [0.5, 0.6) is 0 Å². The van der Waals surface area contributed by atoms with Crippen LogP contribution in [0.3, 0.4) is 0 Å². The number of carbonyl (C=O) groups excluding carboxylic acids is 1. The van der Waals surface area contributed by atoms with Crippen molar-refractivity contribution in [3.8, 4) is 0 Å². The molecule has 4 nitrogen and oxygen atoms in total. The first-order chi connectivity index (χ1) is 6.42. The first-order valence-electron chi connectivity index (χ1n) is 3.74. The molecule has 0 fully saturated rings. The Labute approximate surface area is 76.3 Å². The first-order valence-corrected chi connectivity index (χ1v) is 3.74. The molecule has 0 aromatic carbocycles. The van der Waals surface area contributed by atoms with Gasteiger partial charge in [-0.15, -0.1) is 0 Å². The fraction of sp³-hybridized carbons (Fsp3) is 0.429. The second kappa shape index (κ2) is 3.69. The van der Waals surface area contributed by atoms with Crippen molar-refractivity contribution in [3.05, 3.63) is 22.1 Å². The summed E-state index contributed by atoms with van der Waals surface area (Å²) in [5, 5.41) is 2.24. The molecular formula is C7H7F3N2O2. The van der Waals surface area contributed by atoms with Crippen molar-refractivity contribution in [2.45, 2.75) is 19.1 Å². The summed E-state index contributed by atoms with van der Waals surface area (Å²) in [5.74, 6) is 0. The summed E-state index contributed by atoms with van der Waals surface area (Å²) in [7, 11) is 0. The van der Waals surface area contributed by atoms with Crippen LogP contribution >= 0.6 is 0 Å². The molecule has 1 N–H and O–H groups in total. The lowest BCUT2D eigenvalue weighted by Crippen LogP contribution is -2.20. The molecule has 0 bridgehead atoms. The summed E-state index contributed by atoms with van der Waals surface area (Å²) in [6.45, 7) is -0.504. The molecule has 14 heavy (non-hydrogen) atoms. The predicted molar refractivity (Wildman–Crippen MR) is 41.1 cm³/mol. The van der Waals surface area contributed by atoms with Crippen LogP contribution in [0.15, 0.2) is 10.9 Å². The van der Waals surface area contributed by atoms with Gasteiger partial charge in [0.2, 0.25) is 0 Å². The van der Waals surface area contributed by atoms with E-state index in [1.807, 2.05) is 0 Å². The number of aromatic amines is 1. The summed E-state index contributed by atoms with van der Waals surface area (Å²) < 4.78 is 36.0. The molecule has 0 saturated carbocycles. The number of aldehydes is 1. The van der Waals surface area contributed by atoms with Crippen LogP contribution in [-0.2, 0) is 6.54 Å². The highest BCUT2D eigenvalue weighted by atomic mass is 19.4. The molecule has 1 aromatic heterocycles. The fourth-order valence-corrected chi connectivity index (χ4v) is 0.919. The van der Waals surface area contributed by atoms with Crippen molar-refractivity contribution in [2.24, 2.45) is 0 Å². The van der Waals surface area contributed by atoms with E-state index in [1.165, 1.54) is 0 Å². The number of hydrogen-bond acceptors (Lipinski definition) is 2. The average molecular weight is 208 g/mol. The quantitative estimate of drug-likeness (QED) is 0.751. The summed E-state index contributed by atoms with van der Waals surface area (Å²) in [6, 6.07) is 0.948. The van der Waals surface area contributed by atoms with E-state index in [2.05, 4.69) is 5.10 Å². The van der Waals surface area contributed by atoms with Crippen LogP contribution in [0.4, 0.5) is 13.2 Å². The van der Waals surface area contributed by atoms with E-state index in [1.54, 1.807) is 0 Å². The van der Waals surface area contributed by atoms with Crippen molar-refractivity contribution in [1.29, 1.82) is 0 Å². The minimum Gasteiger partial charge on any atom is -0.296 e. The number of aromatic nitrogens is 2. The molecule has 0 aliphatic carbocycles. The van der Waals surface area contributed by atoms with Crippen molar-refractivity contribution in [1.82, 2.24) is 9.78 Å². The molecule has 0 atom stereocenters. The highest BCUT2D eigenvalue weighted by molar-refractivity contribution is 5.71. The zero-order valence-corrected chi connectivity index (χ0v) is 6.97. The fourth-order valence-electron chi connectivity index (χ4n) is 0.919. The number of halogens is 3. The third kappa shape index (κ3) is 2.75. The molecule has 1 aromatic rings. The molecule has 0 saturated heterocycles. The van der Waals surface area contributed by atoms with Crippen molar-refractivity contribution in [2.75, 3.05) is 0 Å². The predicted octanol–water partition coefficient (Wildman–Crippen LogP) is 0.941. The summed E-state index contributed by atoms with van der Waals surface area (Å²) in [6.07, 6.45) is -5.05. The number of nitrogens with one attached hydrogen (secondary N) is 1. The highest BCUT2D eigenvalue weighted by Gasteiger charge is 2.27. The Balaban J connectivity index is 2.72. The lowest BCUT2D eigenvalue weighted by Gasteiger charge is -2.05. The van der Waals surface area contributed by atoms with E-state index >= 15 is 0 Å². The smallest absolute Gasteiger partial charge is 0.296 e. The van der Waals surface area contributed by atoms with Crippen molar-refractivity contribution in [3.63, 3.8) is 0 Å². The number of nitrogens with zero attached hydrogens (tertiary/aromatic N) is 1. The van der Waals surface area contributed by atoms with Gasteiger partial charge < -0.3 is 0 Å². The van der Waals surface area contributed by atoms with Crippen LogP contribution in [-0.4, -0.2) is 22.2 Å². The molecule has 1 heterocycles. The standard InChI is InChI=1S/C7H7F3N2O2/c8-7(9,10)1-2-12-6(14)3-5(4-13)11-12/h3-4,11H,1-2H2.